The highest BCUT2D eigenvalue weighted by Gasteiger charge is 2.25. The Morgan fingerprint density at radius 2 is 2.00 bits per heavy atom. The van der Waals surface area contributed by atoms with Crippen LogP contribution >= 0.6 is 0 Å². The van der Waals surface area contributed by atoms with Crippen molar-refractivity contribution in [3.8, 4) is 0 Å². The van der Waals surface area contributed by atoms with Crippen molar-refractivity contribution in [1.29, 1.82) is 0 Å². The molecule has 1 aliphatic rings. The molecule has 0 aromatic heterocycles. The molecule has 0 radical (unpaired) electrons. The van der Waals surface area contributed by atoms with E-state index >= 15 is 0 Å². The largest absolute Gasteiger partial charge is 0.306 e. The predicted octanol–water partition coefficient (Wildman–Crippen LogP) is 2.68. The molecule has 0 bridgehead atoms. The van der Waals surface area contributed by atoms with E-state index in [2.05, 4.69) is 31.7 Å². The Balaban J connectivity index is 2.47. The molecule has 0 amide bonds. The van der Waals surface area contributed by atoms with Gasteiger partial charge in [0.2, 0.25) is 0 Å². The first-order valence-corrected chi connectivity index (χ1v) is 5.03. The van der Waals surface area contributed by atoms with Crippen LogP contribution in [0.1, 0.15) is 32.1 Å². The van der Waals surface area contributed by atoms with E-state index in [0.717, 1.165) is 12.0 Å². The van der Waals surface area contributed by atoms with Gasteiger partial charge in [0.1, 0.15) is 0 Å². The summed E-state index contributed by atoms with van der Waals surface area (Å²) in [4.78, 5) is 2.38. The van der Waals surface area contributed by atoms with Crippen LogP contribution in [-0.4, -0.2) is 25.0 Å². The summed E-state index contributed by atoms with van der Waals surface area (Å²) in [6.07, 6.45) is 8.88. The van der Waals surface area contributed by atoms with Crippen LogP contribution in [0.3, 0.4) is 0 Å². The van der Waals surface area contributed by atoms with E-state index in [0.29, 0.717) is 0 Å². The third-order valence-electron chi connectivity index (χ3n) is 3.00. The van der Waals surface area contributed by atoms with Gasteiger partial charge in [-0.1, -0.05) is 18.9 Å². The zero-order chi connectivity index (χ0) is 8.97. The first kappa shape index (κ1) is 9.79. The molecule has 12 heavy (non-hydrogen) atoms. The Hall–Kier alpha value is -0.300. The SMILES string of the molecule is C=CCC1CCCCC1N(C)C. The fraction of sp³-hybridized carbons (Fsp3) is 0.818. The van der Waals surface area contributed by atoms with Gasteiger partial charge in [-0.2, -0.15) is 0 Å². The van der Waals surface area contributed by atoms with Crippen LogP contribution in [-0.2, 0) is 0 Å². The standard InChI is InChI=1S/C11H21N/c1-4-7-10-8-5-6-9-11(10)12(2)3/h4,10-11H,1,5-9H2,2-3H3. The molecule has 0 aromatic rings. The number of hydrogen-bond acceptors (Lipinski definition) is 1. The Morgan fingerprint density at radius 1 is 1.33 bits per heavy atom. The smallest absolute Gasteiger partial charge is 0.0120 e. The van der Waals surface area contributed by atoms with Crippen LogP contribution in [0.5, 0.6) is 0 Å². The molecule has 0 heterocycles. The van der Waals surface area contributed by atoms with Crippen molar-refractivity contribution in [2.45, 2.75) is 38.1 Å². The van der Waals surface area contributed by atoms with Gasteiger partial charge >= 0.3 is 0 Å². The zero-order valence-electron chi connectivity index (χ0n) is 8.42. The van der Waals surface area contributed by atoms with E-state index in [9.17, 15) is 0 Å². The molecule has 0 aliphatic heterocycles. The topological polar surface area (TPSA) is 3.24 Å². The molecule has 1 saturated carbocycles. The van der Waals surface area contributed by atoms with Gasteiger partial charge in [0, 0.05) is 6.04 Å². The molecule has 1 fully saturated rings. The highest BCUT2D eigenvalue weighted by molar-refractivity contribution is 4.85. The van der Waals surface area contributed by atoms with Gasteiger partial charge in [0.05, 0.1) is 0 Å². The lowest BCUT2D eigenvalue weighted by atomic mass is 9.82. The predicted molar refractivity (Wildman–Crippen MR) is 54.2 cm³/mol. The van der Waals surface area contributed by atoms with Crippen LogP contribution in [0.2, 0.25) is 0 Å². The summed E-state index contributed by atoms with van der Waals surface area (Å²) in [7, 11) is 4.40. The molecule has 1 aliphatic carbocycles. The van der Waals surface area contributed by atoms with Crippen molar-refractivity contribution in [3.05, 3.63) is 12.7 Å². The van der Waals surface area contributed by atoms with Crippen molar-refractivity contribution >= 4 is 0 Å². The molecule has 2 atom stereocenters. The maximum absolute atomic E-state index is 3.83. The highest BCUT2D eigenvalue weighted by atomic mass is 15.1. The zero-order valence-corrected chi connectivity index (χ0v) is 8.42. The van der Waals surface area contributed by atoms with Crippen LogP contribution in [0, 0.1) is 5.92 Å². The van der Waals surface area contributed by atoms with Crippen molar-refractivity contribution in [3.63, 3.8) is 0 Å². The molecule has 0 N–H and O–H groups in total. The summed E-state index contributed by atoms with van der Waals surface area (Å²) in [5, 5.41) is 0. The Bertz CT molecular complexity index is 140. The molecular weight excluding hydrogens is 146 g/mol. The average molecular weight is 167 g/mol. The van der Waals surface area contributed by atoms with Gasteiger partial charge in [-0.25, -0.2) is 0 Å². The molecule has 0 aromatic carbocycles. The number of hydrogen-bond donors (Lipinski definition) is 0. The summed E-state index contributed by atoms with van der Waals surface area (Å²) in [6.45, 7) is 3.83. The fourth-order valence-electron chi connectivity index (χ4n) is 2.36. The van der Waals surface area contributed by atoms with Gasteiger partial charge in [0.15, 0.2) is 0 Å². The summed E-state index contributed by atoms with van der Waals surface area (Å²) in [5.74, 6) is 0.867. The minimum atomic E-state index is 0.803. The second-order valence-electron chi connectivity index (χ2n) is 4.10. The monoisotopic (exact) mass is 167 g/mol. The van der Waals surface area contributed by atoms with E-state index in [4.69, 9.17) is 0 Å². The fourth-order valence-corrected chi connectivity index (χ4v) is 2.36. The quantitative estimate of drug-likeness (QED) is 0.584. The summed E-state index contributed by atoms with van der Waals surface area (Å²) >= 11 is 0. The molecule has 0 saturated heterocycles. The van der Waals surface area contributed by atoms with Gasteiger partial charge < -0.3 is 4.90 Å². The van der Waals surface area contributed by atoms with Crippen molar-refractivity contribution < 1.29 is 0 Å². The highest BCUT2D eigenvalue weighted by Crippen LogP contribution is 2.29. The molecule has 70 valence electrons. The van der Waals surface area contributed by atoms with Gasteiger partial charge in [-0.15, -0.1) is 6.58 Å². The van der Waals surface area contributed by atoms with Gasteiger partial charge in [-0.3, -0.25) is 0 Å². The van der Waals surface area contributed by atoms with Gasteiger partial charge in [0.25, 0.3) is 0 Å². The lowest BCUT2D eigenvalue weighted by Crippen LogP contribution is -2.37. The molecule has 1 nitrogen and oxygen atoms in total. The third kappa shape index (κ3) is 2.34. The third-order valence-corrected chi connectivity index (χ3v) is 3.00. The summed E-state index contributed by atoms with van der Waals surface area (Å²) in [5.41, 5.74) is 0. The molecular formula is C11H21N. The maximum atomic E-state index is 3.83. The lowest BCUT2D eigenvalue weighted by molar-refractivity contribution is 0.157. The maximum Gasteiger partial charge on any atom is 0.0120 e. The van der Waals surface area contributed by atoms with Crippen molar-refractivity contribution in [1.82, 2.24) is 4.90 Å². The first-order valence-electron chi connectivity index (χ1n) is 5.03. The normalized spacial score (nSPS) is 30.6. The first-order chi connectivity index (χ1) is 5.75. The average Bonchev–Trinajstić information content (AvgIpc) is 2.05. The number of nitrogens with zero attached hydrogens (tertiary/aromatic N) is 1. The second-order valence-corrected chi connectivity index (χ2v) is 4.10. The Kier molecular flexibility index (Phi) is 3.80. The van der Waals surface area contributed by atoms with Crippen molar-refractivity contribution in [2.75, 3.05) is 14.1 Å². The van der Waals surface area contributed by atoms with Gasteiger partial charge in [-0.05, 0) is 39.3 Å². The van der Waals surface area contributed by atoms with Crippen molar-refractivity contribution in [2.24, 2.45) is 5.92 Å². The van der Waals surface area contributed by atoms with Crippen LogP contribution in [0.15, 0.2) is 12.7 Å². The van der Waals surface area contributed by atoms with E-state index < -0.39 is 0 Å². The van der Waals surface area contributed by atoms with Crippen LogP contribution < -0.4 is 0 Å². The number of allylic oxidation sites excluding steroid dienone is 1. The van der Waals surface area contributed by atoms with Crippen LogP contribution in [0.25, 0.3) is 0 Å². The van der Waals surface area contributed by atoms with E-state index in [1.54, 1.807) is 0 Å². The summed E-state index contributed by atoms with van der Waals surface area (Å²) in [6, 6.07) is 0.803. The van der Waals surface area contributed by atoms with Crippen LogP contribution in [0.4, 0.5) is 0 Å². The summed E-state index contributed by atoms with van der Waals surface area (Å²) < 4.78 is 0. The molecule has 1 rings (SSSR count). The Morgan fingerprint density at radius 3 is 2.58 bits per heavy atom. The second kappa shape index (κ2) is 4.66. The van der Waals surface area contributed by atoms with E-state index in [1.165, 1.54) is 32.1 Å². The Labute approximate surface area is 76.5 Å². The van der Waals surface area contributed by atoms with E-state index in [-0.39, 0.29) is 0 Å². The van der Waals surface area contributed by atoms with E-state index in [1.807, 2.05) is 0 Å². The molecule has 1 heteroatoms. The molecule has 0 spiro atoms. The lowest BCUT2D eigenvalue weighted by Gasteiger charge is -2.35. The number of rotatable bonds is 3. The molecule has 2 unspecified atom stereocenters. The minimum Gasteiger partial charge on any atom is -0.306 e. The minimum absolute atomic E-state index is 0.803.